The van der Waals surface area contributed by atoms with Crippen molar-refractivity contribution in [2.45, 2.75) is 37.0 Å². The monoisotopic (exact) mass is 428 g/mol. The van der Waals surface area contributed by atoms with Gasteiger partial charge in [0, 0.05) is 45.8 Å². The molecule has 0 spiro atoms. The summed E-state index contributed by atoms with van der Waals surface area (Å²) < 4.78 is 27.3. The molecular formula is C19H32N4O3S2. The number of nitrogens with zero attached hydrogens (tertiary/aromatic N) is 3. The van der Waals surface area contributed by atoms with E-state index in [0.717, 1.165) is 64.8 Å². The van der Waals surface area contributed by atoms with Crippen molar-refractivity contribution in [3.05, 3.63) is 16.3 Å². The second-order valence-electron chi connectivity index (χ2n) is 7.69. The van der Waals surface area contributed by atoms with Crippen LogP contribution in [0.5, 0.6) is 0 Å². The van der Waals surface area contributed by atoms with E-state index in [1.165, 1.54) is 15.6 Å². The van der Waals surface area contributed by atoms with Gasteiger partial charge in [0.1, 0.15) is 9.77 Å². The molecule has 2 aliphatic rings. The molecule has 0 bridgehead atoms. The number of carbonyl (C=O) groups is 1. The predicted octanol–water partition coefficient (Wildman–Crippen LogP) is 1.68. The molecule has 1 N–H and O–H groups in total. The second-order valence-corrected chi connectivity index (χ2v) is 10.5. The summed E-state index contributed by atoms with van der Waals surface area (Å²) in [5, 5.41) is 4.60. The van der Waals surface area contributed by atoms with E-state index in [4.69, 9.17) is 0 Å². The molecule has 28 heavy (non-hydrogen) atoms. The van der Waals surface area contributed by atoms with Crippen molar-refractivity contribution < 1.29 is 13.2 Å². The lowest BCUT2D eigenvalue weighted by atomic mass is 10.2. The zero-order valence-corrected chi connectivity index (χ0v) is 18.4. The number of unbranched alkanes of at least 4 members (excludes halogenated alkanes) is 1. The molecule has 2 fully saturated rings. The molecule has 3 heterocycles. The largest absolute Gasteiger partial charge is 0.351 e. The van der Waals surface area contributed by atoms with Crippen molar-refractivity contribution in [2.75, 3.05) is 59.4 Å². The minimum Gasteiger partial charge on any atom is -0.351 e. The van der Waals surface area contributed by atoms with Crippen LogP contribution >= 0.6 is 11.3 Å². The summed E-state index contributed by atoms with van der Waals surface area (Å²) in [5.74, 6) is -0.273. The number of carbonyl (C=O) groups excluding carboxylic acids is 1. The molecule has 158 valence electrons. The van der Waals surface area contributed by atoms with Gasteiger partial charge in [0.2, 0.25) is 10.0 Å². The third-order valence-corrected chi connectivity index (χ3v) is 8.53. The highest BCUT2D eigenvalue weighted by molar-refractivity contribution is 7.89. The molecule has 7 nitrogen and oxygen atoms in total. The van der Waals surface area contributed by atoms with Gasteiger partial charge in [-0.05, 0) is 50.7 Å². The number of nitrogens with one attached hydrogen (secondary N) is 1. The molecule has 1 aromatic heterocycles. The van der Waals surface area contributed by atoms with Gasteiger partial charge in [0.05, 0.1) is 0 Å². The maximum Gasteiger partial charge on any atom is 0.262 e. The molecule has 1 aromatic rings. The lowest BCUT2D eigenvalue weighted by Gasteiger charge is -2.32. The molecule has 0 radical (unpaired) electrons. The van der Waals surface area contributed by atoms with E-state index in [0.29, 0.717) is 24.5 Å². The summed E-state index contributed by atoms with van der Waals surface area (Å²) in [7, 11) is -1.43. The van der Waals surface area contributed by atoms with Crippen LogP contribution in [0.1, 0.15) is 41.8 Å². The smallest absolute Gasteiger partial charge is 0.262 e. The molecule has 2 aliphatic heterocycles. The highest BCUT2D eigenvalue weighted by Gasteiger charge is 2.30. The Balaban J connectivity index is 1.46. The van der Waals surface area contributed by atoms with E-state index in [9.17, 15) is 13.2 Å². The highest BCUT2D eigenvalue weighted by atomic mass is 32.2. The van der Waals surface area contributed by atoms with Gasteiger partial charge >= 0.3 is 0 Å². The van der Waals surface area contributed by atoms with Gasteiger partial charge in [-0.25, -0.2) is 8.42 Å². The van der Waals surface area contributed by atoms with E-state index in [-0.39, 0.29) is 10.8 Å². The van der Waals surface area contributed by atoms with Crippen molar-refractivity contribution in [3.63, 3.8) is 0 Å². The molecule has 0 saturated carbocycles. The molecule has 0 unspecified atom stereocenters. The van der Waals surface area contributed by atoms with Gasteiger partial charge in [-0.2, -0.15) is 4.31 Å². The van der Waals surface area contributed by atoms with E-state index < -0.39 is 10.0 Å². The quantitative estimate of drug-likeness (QED) is 0.638. The minimum atomic E-state index is -3.58. The lowest BCUT2D eigenvalue weighted by molar-refractivity contribution is 0.0952. The molecule has 3 rings (SSSR count). The van der Waals surface area contributed by atoms with Crippen LogP contribution in [-0.2, 0) is 10.0 Å². The van der Waals surface area contributed by atoms with E-state index in [1.54, 1.807) is 11.4 Å². The number of thiophene rings is 1. The fourth-order valence-corrected chi connectivity index (χ4v) is 6.56. The van der Waals surface area contributed by atoms with Crippen molar-refractivity contribution in [1.29, 1.82) is 0 Å². The fraction of sp³-hybridized carbons (Fsp3) is 0.737. The van der Waals surface area contributed by atoms with Crippen LogP contribution in [0.4, 0.5) is 0 Å². The first-order valence-electron chi connectivity index (χ1n) is 10.3. The van der Waals surface area contributed by atoms with Gasteiger partial charge in [-0.3, -0.25) is 4.79 Å². The van der Waals surface area contributed by atoms with Crippen molar-refractivity contribution in [3.8, 4) is 0 Å². The normalized spacial score (nSPS) is 20.3. The highest BCUT2D eigenvalue weighted by Crippen LogP contribution is 2.27. The summed E-state index contributed by atoms with van der Waals surface area (Å²) in [4.78, 5) is 17.8. The average molecular weight is 429 g/mol. The SMILES string of the molecule is CN1CCN(CCCCNC(=O)c2sccc2S(=O)(=O)N2CCCCC2)CC1. The van der Waals surface area contributed by atoms with Crippen LogP contribution in [0, 0.1) is 0 Å². The van der Waals surface area contributed by atoms with Gasteiger partial charge in [-0.15, -0.1) is 11.3 Å². The summed E-state index contributed by atoms with van der Waals surface area (Å²) in [6, 6.07) is 1.57. The third-order valence-electron chi connectivity index (χ3n) is 5.55. The number of piperazine rings is 1. The first kappa shape index (κ1) is 21.7. The number of piperidine rings is 1. The maximum absolute atomic E-state index is 12.9. The van der Waals surface area contributed by atoms with E-state index in [2.05, 4.69) is 22.2 Å². The minimum absolute atomic E-state index is 0.161. The number of hydrogen-bond acceptors (Lipinski definition) is 6. The molecular weight excluding hydrogens is 396 g/mol. The van der Waals surface area contributed by atoms with Crippen LogP contribution in [0.25, 0.3) is 0 Å². The third kappa shape index (κ3) is 5.54. The van der Waals surface area contributed by atoms with Crippen LogP contribution in [-0.4, -0.2) is 87.8 Å². The van der Waals surface area contributed by atoms with Gasteiger partial charge in [0.15, 0.2) is 0 Å². The van der Waals surface area contributed by atoms with Crippen LogP contribution < -0.4 is 5.32 Å². The van der Waals surface area contributed by atoms with Gasteiger partial charge in [0.25, 0.3) is 5.91 Å². The maximum atomic E-state index is 12.9. The first-order chi connectivity index (χ1) is 13.5. The summed E-state index contributed by atoms with van der Waals surface area (Å²) in [6.45, 7) is 7.17. The Bertz CT molecular complexity index is 736. The van der Waals surface area contributed by atoms with Crippen molar-refractivity contribution in [2.24, 2.45) is 0 Å². The van der Waals surface area contributed by atoms with Crippen LogP contribution in [0.3, 0.4) is 0 Å². The van der Waals surface area contributed by atoms with Crippen LogP contribution in [0.2, 0.25) is 0 Å². The average Bonchev–Trinajstić information content (AvgIpc) is 3.21. The number of hydrogen-bond donors (Lipinski definition) is 1. The Hall–Kier alpha value is -1.00. The van der Waals surface area contributed by atoms with Crippen LogP contribution in [0.15, 0.2) is 16.3 Å². The van der Waals surface area contributed by atoms with Crippen molar-refractivity contribution >= 4 is 27.3 Å². The Labute approximate surface area is 172 Å². The molecule has 0 aromatic carbocycles. The summed E-state index contributed by atoms with van der Waals surface area (Å²) in [5.41, 5.74) is 0. The van der Waals surface area contributed by atoms with Gasteiger partial charge < -0.3 is 15.1 Å². The number of sulfonamides is 1. The molecule has 0 atom stereocenters. The topological polar surface area (TPSA) is 73.0 Å². The predicted molar refractivity (Wildman–Crippen MR) is 112 cm³/mol. The molecule has 2 saturated heterocycles. The second kappa shape index (κ2) is 10.2. The molecule has 9 heteroatoms. The zero-order valence-electron chi connectivity index (χ0n) is 16.7. The molecule has 1 amide bonds. The Morgan fingerprint density at radius 1 is 1.07 bits per heavy atom. The Kier molecular flexibility index (Phi) is 7.87. The number of likely N-dealkylation sites (N-methyl/N-ethyl adjacent to an activating group) is 1. The van der Waals surface area contributed by atoms with Crippen molar-refractivity contribution in [1.82, 2.24) is 19.4 Å². The number of amides is 1. The van der Waals surface area contributed by atoms with Gasteiger partial charge in [-0.1, -0.05) is 6.42 Å². The fourth-order valence-electron chi connectivity index (χ4n) is 3.72. The van der Waals surface area contributed by atoms with E-state index >= 15 is 0 Å². The summed E-state index contributed by atoms with van der Waals surface area (Å²) in [6.07, 6.45) is 4.78. The first-order valence-corrected chi connectivity index (χ1v) is 12.6. The zero-order chi connectivity index (χ0) is 20.0. The standard InChI is InChI=1S/C19H32N4O3S2/c1-21-12-14-22(15-13-21)9-6-3-8-20-19(24)18-17(7-16-27-18)28(25,26)23-10-4-2-5-11-23/h7,16H,2-6,8-15H2,1H3,(H,20,24). The Morgan fingerprint density at radius 2 is 1.79 bits per heavy atom. The Morgan fingerprint density at radius 3 is 2.50 bits per heavy atom. The molecule has 0 aliphatic carbocycles. The number of rotatable bonds is 8. The summed E-state index contributed by atoms with van der Waals surface area (Å²) >= 11 is 1.20. The lowest BCUT2D eigenvalue weighted by Crippen LogP contribution is -2.44. The van der Waals surface area contributed by atoms with E-state index in [1.807, 2.05) is 0 Å².